The van der Waals surface area contributed by atoms with Crippen molar-refractivity contribution in [2.24, 2.45) is 5.92 Å². The molecule has 0 fully saturated rings. The van der Waals surface area contributed by atoms with Gasteiger partial charge in [0.05, 0.1) is 0 Å². The first-order valence-corrected chi connectivity index (χ1v) is 4.75. The average molecular weight is 196 g/mol. The molecule has 1 aliphatic carbocycles. The fourth-order valence-electron chi connectivity index (χ4n) is 1.49. The zero-order valence-corrected chi connectivity index (χ0v) is 8.49. The van der Waals surface area contributed by atoms with Gasteiger partial charge in [-0.2, -0.15) is 0 Å². The second kappa shape index (κ2) is 5.60. The summed E-state index contributed by atoms with van der Waals surface area (Å²) in [6.07, 6.45) is 5.79. The molecular weight excluding hydrogens is 180 g/mol. The highest BCUT2D eigenvalue weighted by Crippen LogP contribution is 2.24. The second-order valence-corrected chi connectivity index (χ2v) is 3.32. The number of methoxy groups -OCH3 is 1. The van der Waals surface area contributed by atoms with E-state index >= 15 is 0 Å². The molecule has 1 rings (SSSR count). The third kappa shape index (κ3) is 3.00. The van der Waals surface area contributed by atoms with E-state index in [-0.39, 0.29) is 18.5 Å². The van der Waals surface area contributed by atoms with Gasteiger partial charge >= 0.3 is 0 Å². The molecule has 0 saturated heterocycles. The molecule has 0 heterocycles. The topological polar surface area (TPSA) is 35.5 Å². The summed E-state index contributed by atoms with van der Waals surface area (Å²) in [6, 6.07) is 0. The highest BCUT2D eigenvalue weighted by molar-refractivity contribution is 5.93. The highest BCUT2D eigenvalue weighted by atomic mass is 16.7. The van der Waals surface area contributed by atoms with Crippen LogP contribution in [-0.4, -0.2) is 19.7 Å². The number of rotatable bonds is 5. The van der Waals surface area contributed by atoms with Crippen molar-refractivity contribution in [1.29, 1.82) is 0 Å². The maximum Gasteiger partial charge on any atom is 0.188 e. The number of carbonyl (C=O) groups excluding carboxylic acids is 1. The molecule has 1 atom stereocenters. The predicted molar refractivity (Wildman–Crippen MR) is 53.6 cm³/mol. The van der Waals surface area contributed by atoms with Crippen molar-refractivity contribution in [2.45, 2.75) is 19.3 Å². The Kier molecular flexibility index (Phi) is 4.40. The Morgan fingerprint density at radius 1 is 1.71 bits per heavy atom. The largest absolute Gasteiger partial charge is 0.472 e. The van der Waals surface area contributed by atoms with E-state index < -0.39 is 0 Å². The fraction of sp³-hybridized carbons (Fsp3) is 0.545. The van der Waals surface area contributed by atoms with Crippen LogP contribution in [0, 0.1) is 5.92 Å². The molecule has 0 saturated carbocycles. The predicted octanol–water partition coefficient (Wildman–Crippen LogP) is 2.05. The van der Waals surface area contributed by atoms with Crippen molar-refractivity contribution in [3.8, 4) is 0 Å². The van der Waals surface area contributed by atoms with Crippen LogP contribution in [0.25, 0.3) is 0 Å². The molecule has 0 radical (unpaired) electrons. The molecule has 0 amide bonds. The number of ether oxygens (including phenoxy) is 2. The molecule has 0 aromatic rings. The molecule has 14 heavy (non-hydrogen) atoms. The summed E-state index contributed by atoms with van der Waals surface area (Å²) < 4.78 is 9.98. The maximum absolute atomic E-state index is 11.5. The van der Waals surface area contributed by atoms with Gasteiger partial charge in [0, 0.05) is 25.5 Å². The number of ketones is 1. The van der Waals surface area contributed by atoms with Crippen LogP contribution in [0.3, 0.4) is 0 Å². The van der Waals surface area contributed by atoms with Gasteiger partial charge in [0.25, 0.3) is 0 Å². The van der Waals surface area contributed by atoms with Gasteiger partial charge in [-0.3, -0.25) is 4.79 Å². The van der Waals surface area contributed by atoms with Crippen molar-refractivity contribution in [1.82, 2.24) is 0 Å². The highest BCUT2D eigenvalue weighted by Gasteiger charge is 2.21. The van der Waals surface area contributed by atoms with Crippen LogP contribution in [-0.2, 0) is 14.3 Å². The fourth-order valence-corrected chi connectivity index (χ4v) is 1.49. The maximum atomic E-state index is 11.5. The van der Waals surface area contributed by atoms with E-state index in [1.807, 2.05) is 0 Å². The molecule has 0 bridgehead atoms. The van der Waals surface area contributed by atoms with Gasteiger partial charge in [0.2, 0.25) is 0 Å². The van der Waals surface area contributed by atoms with Crippen molar-refractivity contribution in [3.63, 3.8) is 0 Å². The van der Waals surface area contributed by atoms with E-state index in [9.17, 15) is 4.79 Å². The molecule has 0 aliphatic heterocycles. The lowest BCUT2D eigenvalue weighted by atomic mass is 9.89. The lowest BCUT2D eigenvalue weighted by Crippen LogP contribution is -2.18. The van der Waals surface area contributed by atoms with Crippen LogP contribution >= 0.6 is 0 Å². The zero-order valence-electron chi connectivity index (χ0n) is 8.49. The van der Waals surface area contributed by atoms with E-state index in [4.69, 9.17) is 9.47 Å². The van der Waals surface area contributed by atoms with Crippen molar-refractivity contribution in [2.75, 3.05) is 13.9 Å². The van der Waals surface area contributed by atoms with Crippen LogP contribution in [0.2, 0.25) is 0 Å². The summed E-state index contributed by atoms with van der Waals surface area (Å²) in [7, 11) is 1.56. The van der Waals surface area contributed by atoms with Gasteiger partial charge in [-0.25, -0.2) is 0 Å². The van der Waals surface area contributed by atoms with Crippen molar-refractivity contribution in [3.05, 3.63) is 24.5 Å². The first-order valence-electron chi connectivity index (χ1n) is 4.75. The van der Waals surface area contributed by atoms with Gasteiger partial charge in [-0.1, -0.05) is 6.08 Å². The Morgan fingerprint density at radius 2 is 2.50 bits per heavy atom. The minimum Gasteiger partial charge on any atom is -0.472 e. The number of carbonyl (C=O) groups is 1. The van der Waals surface area contributed by atoms with Crippen molar-refractivity contribution >= 4 is 5.78 Å². The first-order chi connectivity index (χ1) is 6.77. The van der Waals surface area contributed by atoms with Gasteiger partial charge in [0.15, 0.2) is 12.6 Å². The molecule has 0 spiro atoms. The van der Waals surface area contributed by atoms with E-state index in [0.29, 0.717) is 0 Å². The van der Waals surface area contributed by atoms with Crippen LogP contribution < -0.4 is 0 Å². The van der Waals surface area contributed by atoms with Gasteiger partial charge in [0.1, 0.15) is 5.76 Å². The molecule has 0 aromatic carbocycles. The molecule has 3 nitrogen and oxygen atoms in total. The quantitative estimate of drug-likeness (QED) is 0.498. The van der Waals surface area contributed by atoms with Gasteiger partial charge < -0.3 is 9.47 Å². The second-order valence-electron chi connectivity index (χ2n) is 3.32. The first kappa shape index (κ1) is 11.0. The van der Waals surface area contributed by atoms with Crippen LogP contribution in [0.1, 0.15) is 19.3 Å². The van der Waals surface area contributed by atoms with Gasteiger partial charge in [-0.05, 0) is 12.8 Å². The van der Waals surface area contributed by atoms with E-state index in [0.717, 1.165) is 25.0 Å². The summed E-state index contributed by atoms with van der Waals surface area (Å²) in [5, 5.41) is 0. The molecule has 3 heteroatoms. The molecule has 1 unspecified atom stereocenters. The molecule has 78 valence electrons. The summed E-state index contributed by atoms with van der Waals surface area (Å²) in [5.74, 6) is 0.974. The smallest absolute Gasteiger partial charge is 0.188 e. The molecule has 1 aliphatic rings. The molecule has 0 N–H and O–H groups in total. The summed E-state index contributed by atoms with van der Waals surface area (Å²) >= 11 is 0. The summed E-state index contributed by atoms with van der Waals surface area (Å²) in [6.45, 7) is 3.85. The summed E-state index contributed by atoms with van der Waals surface area (Å²) in [4.78, 5) is 11.5. The Hall–Kier alpha value is -1.09. The average Bonchev–Trinajstić information content (AvgIpc) is 2.19. The molecule has 0 aromatic heterocycles. The van der Waals surface area contributed by atoms with Crippen LogP contribution in [0.4, 0.5) is 0 Å². The standard InChI is InChI=1S/C11H16O3/c1-3-4-9-5-6-10(7-11(9)12)14-8-13-2/h3,7,9H,1,4-6,8H2,2H3. The third-order valence-corrected chi connectivity index (χ3v) is 2.26. The lowest BCUT2D eigenvalue weighted by Gasteiger charge is -2.19. The SMILES string of the molecule is C=CCC1CCC(OCOC)=CC1=O. The molecular formula is C11H16O3. The summed E-state index contributed by atoms with van der Waals surface area (Å²) in [5.41, 5.74) is 0. The Labute approximate surface area is 84.4 Å². The Bertz CT molecular complexity index is 243. The number of allylic oxidation sites excluding steroid dienone is 3. The number of hydrogen-bond donors (Lipinski definition) is 0. The van der Waals surface area contributed by atoms with Crippen LogP contribution in [0.5, 0.6) is 0 Å². The minimum absolute atomic E-state index is 0.0994. The van der Waals surface area contributed by atoms with E-state index in [2.05, 4.69) is 6.58 Å². The van der Waals surface area contributed by atoms with E-state index in [1.165, 1.54) is 0 Å². The Balaban J connectivity index is 2.47. The van der Waals surface area contributed by atoms with Gasteiger partial charge in [-0.15, -0.1) is 6.58 Å². The normalized spacial score (nSPS) is 21.6. The van der Waals surface area contributed by atoms with Crippen molar-refractivity contribution < 1.29 is 14.3 Å². The minimum atomic E-state index is 0.0994. The number of hydrogen-bond acceptors (Lipinski definition) is 3. The monoisotopic (exact) mass is 196 g/mol. The van der Waals surface area contributed by atoms with Crippen LogP contribution in [0.15, 0.2) is 24.5 Å². The van der Waals surface area contributed by atoms with E-state index in [1.54, 1.807) is 19.3 Å². The lowest BCUT2D eigenvalue weighted by molar-refractivity contribution is -0.119. The zero-order chi connectivity index (χ0) is 10.4. The Morgan fingerprint density at radius 3 is 3.07 bits per heavy atom. The third-order valence-electron chi connectivity index (χ3n) is 2.26.